The summed E-state index contributed by atoms with van der Waals surface area (Å²) in [5.74, 6) is -0.304. The molecule has 15 nitrogen and oxygen atoms in total. The first-order valence-corrected chi connectivity index (χ1v) is 13.3. The fourth-order valence-corrected chi connectivity index (χ4v) is 5.25. The van der Waals surface area contributed by atoms with Crippen molar-refractivity contribution in [1.29, 1.82) is 0 Å². The van der Waals surface area contributed by atoms with Gasteiger partial charge in [0.05, 0.1) is 36.8 Å². The third kappa shape index (κ3) is 5.44. The molecule has 9 N–H and O–H groups in total. The Morgan fingerprint density at radius 3 is 2.09 bits per heavy atom. The highest BCUT2D eigenvalue weighted by Gasteiger charge is 2.46. The van der Waals surface area contributed by atoms with Gasteiger partial charge in [-0.05, 0) is 29.8 Å². The maximum atomic E-state index is 13.6. The summed E-state index contributed by atoms with van der Waals surface area (Å²) in [4.78, 5) is 13.6. The van der Waals surface area contributed by atoms with E-state index in [2.05, 4.69) is 0 Å². The van der Waals surface area contributed by atoms with Crippen molar-refractivity contribution in [2.24, 2.45) is 0 Å². The summed E-state index contributed by atoms with van der Waals surface area (Å²) in [5, 5.41) is 90.9. The van der Waals surface area contributed by atoms with E-state index in [-0.39, 0.29) is 33.6 Å². The predicted molar refractivity (Wildman–Crippen MR) is 143 cm³/mol. The second-order valence-corrected chi connectivity index (χ2v) is 10.3. The van der Waals surface area contributed by atoms with E-state index in [9.17, 15) is 50.8 Å². The minimum atomic E-state index is -1.74. The van der Waals surface area contributed by atoms with Crippen molar-refractivity contribution in [3.05, 3.63) is 52.4 Å². The van der Waals surface area contributed by atoms with Gasteiger partial charge in [0, 0.05) is 0 Å². The van der Waals surface area contributed by atoms with Crippen LogP contribution in [0.3, 0.4) is 0 Å². The van der Waals surface area contributed by atoms with Gasteiger partial charge >= 0.3 is 0 Å². The topological polar surface area (TPSA) is 249 Å². The largest absolute Gasteiger partial charge is 0.507 e. The lowest BCUT2D eigenvalue weighted by Crippen LogP contribution is -2.60. The van der Waals surface area contributed by atoms with Gasteiger partial charge < -0.3 is 69.3 Å². The molecule has 0 radical (unpaired) electrons. The minimum Gasteiger partial charge on any atom is -0.507 e. The Bertz CT molecular complexity index is 1500. The van der Waals surface area contributed by atoms with E-state index >= 15 is 0 Å². The molecule has 1 aromatic heterocycles. The highest BCUT2D eigenvalue weighted by atomic mass is 16.7. The lowest BCUT2D eigenvalue weighted by molar-refractivity contribution is -0.277. The van der Waals surface area contributed by atoms with E-state index in [0.29, 0.717) is 5.56 Å². The summed E-state index contributed by atoms with van der Waals surface area (Å²) in [7, 11) is 1.32. The molecular weight excluding hydrogens is 576 g/mol. The van der Waals surface area contributed by atoms with Gasteiger partial charge in [0.1, 0.15) is 72.5 Å². The van der Waals surface area contributed by atoms with Gasteiger partial charge in [0.15, 0.2) is 11.5 Å². The summed E-state index contributed by atoms with van der Waals surface area (Å²) >= 11 is 0. The molecule has 5 rings (SSSR count). The number of fused-ring (bicyclic) bond motifs is 1. The fraction of sp³-hybridized carbons (Fsp3) is 0.464. The Hall–Kier alpha value is -3.35. The number of hydrogen-bond acceptors (Lipinski definition) is 15. The Morgan fingerprint density at radius 1 is 0.791 bits per heavy atom. The quantitative estimate of drug-likeness (QED) is 0.139. The number of benzene rings is 2. The number of phenolic OH excluding ortho intramolecular Hbond substituents is 1. The Morgan fingerprint density at radius 2 is 1.44 bits per heavy atom. The molecule has 43 heavy (non-hydrogen) atoms. The first kappa shape index (κ1) is 31.1. The molecule has 10 unspecified atom stereocenters. The van der Waals surface area contributed by atoms with E-state index in [1.807, 2.05) is 0 Å². The average molecular weight is 609 g/mol. The average Bonchev–Trinajstić information content (AvgIpc) is 3.01. The van der Waals surface area contributed by atoms with E-state index in [0.717, 1.165) is 6.26 Å². The van der Waals surface area contributed by atoms with Gasteiger partial charge in [-0.1, -0.05) is 6.07 Å². The van der Waals surface area contributed by atoms with Crippen molar-refractivity contribution >= 4 is 11.0 Å². The minimum absolute atomic E-state index is 0.0251. The molecule has 2 aliphatic heterocycles. The molecule has 0 amide bonds. The number of rotatable bonds is 7. The SMILES string of the molecule is COc1cc(-c2coc3c(C4OC(CO)C(O)C(O)C4O)c(O)ccc3c2=O)ccc1OC1OC(CO)C(O)C(O)C1O. The van der Waals surface area contributed by atoms with Crippen LogP contribution in [0, 0.1) is 0 Å². The number of ether oxygens (including phenoxy) is 4. The van der Waals surface area contributed by atoms with Crippen LogP contribution in [0.4, 0.5) is 0 Å². The molecule has 0 spiro atoms. The standard InChI is InChI=1S/C28H32O15/c1-39-15-6-10(2-5-14(15)42-28-25(38)23(36)21(34)17(8-30)43-28)12-9-40-26-11(19(12)32)3-4-13(31)18(26)27-24(37)22(35)20(33)16(7-29)41-27/h2-6,9,16-17,20-25,27-31,33-38H,7-8H2,1H3. The van der Waals surface area contributed by atoms with Crippen LogP contribution >= 0.6 is 0 Å². The van der Waals surface area contributed by atoms with Gasteiger partial charge in [0.25, 0.3) is 0 Å². The fourth-order valence-electron chi connectivity index (χ4n) is 5.25. The Labute approximate surface area is 242 Å². The van der Waals surface area contributed by atoms with Crippen LogP contribution in [-0.4, -0.2) is 121 Å². The van der Waals surface area contributed by atoms with Crippen LogP contribution < -0.4 is 14.9 Å². The zero-order valence-electron chi connectivity index (χ0n) is 22.6. The first-order valence-electron chi connectivity index (χ1n) is 13.3. The number of methoxy groups -OCH3 is 1. The van der Waals surface area contributed by atoms with Crippen molar-refractivity contribution in [2.45, 2.75) is 61.2 Å². The van der Waals surface area contributed by atoms with Gasteiger partial charge in [-0.2, -0.15) is 0 Å². The normalized spacial score (nSPS) is 33.0. The zero-order chi connectivity index (χ0) is 31.2. The van der Waals surface area contributed by atoms with Crippen molar-refractivity contribution in [2.75, 3.05) is 20.3 Å². The number of aliphatic hydroxyl groups is 8. The summed E-state index contributed by atoms with van der Waals surface area (Å²) in [6, 6.07) is 6.77. The van der Waals surface area contributed by atoms with Crippen LogP contribution in [0.1, 0.15) is 11.7 Å². The smallest absolute Gasteiger partial charge is 0.229 e. The number of aromatic hydroxyl groups is 1. The molecule has 2 fully saturated rings. The maximum absolute atomic E-state index is 13.6. The van der Waals surface area contributed by atoms with Gasteiger partial charge in [-0.15, -0.1) is 0 Å². The third-order valence-corrected chi connectivity index (χ3v) is 7.70. The molecule has 10 atom stereocenters. The van der Waals surface area contributed by atoms with Crippen LogP contribution in [0.2, 0.25) is 0 Å². The molecule has 0 aliphatic carbocycles. The number of aliphatic hydroxyl groups excluding tert-OH is 8. The van der Waals surface area contributed by atoms with E-state index in [1.54, 1.807) is 0 Å². The molecule has 0 saturated carbocycles. The molecule has 3 heterocycles. The molecule has 234 valence electrons. The third-order valence-electron chi connectivity index (χ3n) is 7.70. The summed E-state index contributed by atoms with van der Waals surface area (Å²) in [5.41, 5.74) is -0.532. The first-order chi connectivity index (χ1) is 20.5. The highest BCUT2D eigenvalue weighted by molar-refractivity contribution is 5.86. The highest BCUT2D eigenvalue weighted by Crippen LogP contribution is 2.41. The Balaban J connectivity index is 1.49. The lowest BCUT2D eigenvalue weighted by atomic mass is 9.89. The van der Waals surface area contributed by atoms with Gasteiger partial charge in [-0.3, -0.25) is 4.79 Å². The lowest BCUT2D eigenvalue weighted by Gasteiger charge is -2.40. The summed E-state index contributed by atoms with van der Waals surface area (Å²) < 4.78 is 27.7. The molecule has 2 saturated heterocycles. The molecule has 15 heteroatoms. The van der Waals surface area contributed by atoms with E-state index in [4.69, 9.17) is 23.4 Å². The molecule has 0 bridgehead atoms. The van der Waals surface area contributed by atoms with Crippen molar-refractivity contribution in [3.8, 4) is 28.4 Å². The van der Waals surface area contributed by atoms with E-state index < -0.39 is 85.6 Å². The van der Waals surface area contributed by atoms with Crippen LogP contribution in [0.5, 0.6) is 17.2 Å². The second kappa shape index (κ2) is 12.3. The van der Waals surface area contributed by atoms with Crippen molar-refractivity contribution < 1.29 is 69.3 Å². The molecular formula is C28H32O15. The molecule has 2 aromatic carbocycles. The Kier molecular flexibility index (Phi) is 8.92. The van der Waals surface area contributed by atoms with Crippen molar-refractivity contribution in [1.82, 2.24) is 0 Å². The molecule has 3 aromatic rings. The predicted octanol–water partition coefficient (Wildman–Crippen LogP) is -2.13. The van der Waals surface area contributed by atoms with Crippen LogP contribution in [-0.2, 0) is 9.47 Å². The zero-order valence-corrected chi connectivity index (χ0v) is 22.6. The van der Waals surface area contributed by atoms with Crippen molar-refractivity contribution in [3.63, 3.8) is 0 Å². The van der Waals surface area contributed by atoms with E-state index in [1.165, 1.54) is 37.4 Å². The number of hydrogen-bond donors (Lipinski definition) is 9. The molecule has 2 aliphatic rings. The van der Waals surface area contributed by atoms with Crippen LogP contribution in [0.15, 0.2) is 45.8 Å². The summed E-state index contributed by atoms with van der Waals surface area (Å²) in [6.45, 7) is -1.34. The van der Waals surface area contributed by atoms with Gasteiger partial charge in [-0.25, -0.2) is 0 Å². The second-order valence-electron chi connectivity index (χ2n) is 10.3. The maximum Gasteiger partial charge on any atom is 0.229 e. The monoisotopic (exact) mass is 608 g/mol. The van der Waals surface area contributed by atoms with Crippen LogP contribution in [0.25, 0.3) is 22.1 Å². The van der Waals surface area contributed by atoms with Gasteiger partial charge in [0.2, 0.25) is 11.7 Å². The number of phenols is 1. The summed E-state index contributed by atoms with van der Waals surface area (Å²) in [6.07, 6.45) is -14.3.